The van der Waals surface area contributed by atoms with Crippen LogP contribution in [0.5, 0.6) is 5.75 Å². The molecule has 1 aliphatic heterocycles. The first kappa shape index (κ1) is 15.9. The number of hydrogen-bond donors (Lipinski definition) is 2. The van der Waals surface area contributed by atoms with Crippen molar-refractivity contribution in [2.75, 3.05) is 18.8 Å². The van der Waals surface area contributed by atoms with Crippen LogP contribution in [0, 0.1) is 5.41 Å². The van der Waals surface area contributed by atoms with E-state index >= 15 is 0 Å². The number of phenolic OH excluding ortho intramolecular Hbond substituents is 1. The molecule has 0 amide bonds. The number of benzene rings is 1. The van der Waals surface area contributed by atoms with Crippen molar-refractivity contribution in [1.29, 1.82) is 0 Å². The predicted octanol–water partition coefficient (Wildman–Crippen LogP) is 2.97. The Labute approximate surface area is 136 Å². The van der Waals surface area contributed by atoms with Gasteiger partial charge in [-0.3, -0.25) is 0 Å². The maximum atomic E-state index is 12.8. The molecule has 0 unspecified atom stereocenters. The fourth-order valence-corrected chi connectivity index (χ4v) is 5.81. The van der Waals surface area contributed by atoms with Gasteiger partial charge in [-0.05, 0) is 43.2 Å². The zero-order valence-electron chi connectivity index (χ0n) is 12.4. The van der Waals surface area contributed by atoms with Gasteiger partial charge in [-0.2, -0.15) is 4.31 Å². The number of nitrogens with zero attached hydrogens (tertiary/aromatic N) is 1. The summed E-state index contributed by atoms with van der Waals surface area (Å²) in [6.45, 7) is 0.958. The van der Waals surface area contributed by atoms with Crippen molar-refractivity contribution in [2.24, 2.45) is 5.41 Å². The molecule has 0 aromatic heterocycles. The van der Waals surface area contributed by atoms with Gasteiger partial charge < -0.3 is 10.8 Å². The van der Waals surface area contributed by atoms with Crippen LogP contribution in [-0.4, -0.2) is 30.9 Å². The van der Waals surface area contributed by atoms with E-state index in [9.17, 15) is 13.5 Å². The molecule has 7 heteroatoms. The van der Waals surface area contributed by atoms with Crippen LogP contribution in [0.2, 0.25) is 5.02 Å². The minimum atomic E-state index is -3.82. The molecule has 0 radical (unpaired) electrons. The summed E-state index contributed by atoms with van der Waals surface area (Å²) in [5.41, 5.74) is 5.97. The monoisotopic (exact) mass is 344 g/mol. The highest BCUT2D eigenvalue weighted by molar-refractivity contribution is 7.89. The standard InChI is InChI=1S/C15H21ClN2O3S/c16-11-3-4-12(17)13(19)14(11)22(20,21)18-9-7-15(8-10-18)5-1-2-6-15/h3-4,19H,1-2,5-10,17H2. The lowest BCUT2D eigenvalue weighted by Gasteiger charge is -2.38. The average Bonchev–Trinajstić information content (AvgIpc) is 2.92. The molecule has 122 valence electrons. The number of piperidine rings is 1. The van der Waals surface area contributed by atoms with Gasteiger partial charge in [-0.1, -0.05) is 24.4 Å². The lowest BCUT2D eigenvalue weighted by molar-refractivity contribution is 0.160. The second-order valence-corrected chi connectivity index (χ2v) is 8.71. The van der Waals surface area contributed by atoms with Gasteiger partial charge in [0.15, 0.2) is 5.75 Å². The molecule has 0 atom stereocenters. The molecule has 1 saturated carbocycles. The summed E-state index contributed by atoms with van der Waals surface area (Å²) in [6, 6.07) is 2.81. The minimum absolute atomic E-state index is 0.00727. The van der Waals surface area contributed by atoms with Gasteiger partial charge in [0, 0.05) is 13.1 Å². The summed E-state index contributed by atoms with van der Waals surface area (Å²) >= 11 is 6.00. The molecule has 22 heavy (non-hydrogen) atoms. The molecule has 1 aromatic carbocycles. The third-order valence-electron chi connectivity index (χ3n) is 5.16. The van der Waals surface area contributed by atoms with Gasteiger partial charge in [0.2, 0.25) is 10.0 Å². The van der Waals surface area contributed by atoms with Crippen LogP contribution in [-0.2, 0) is 10.0 Å². The Hall–Kier alpha value is -0.980. The van der Waals surface area contributed by atoms with Crippen LogP contribution in [0.25, 0.3) is 0 Å². The number of hydrogen-bond acceptors (Lipinski definition) is 4. The number of rotatable bonds is 2. The van der Waals surface area contributed by atoms with Gasteiger partial charge in [0.1, 0.15) is 4.90 Å². The summed E-state index contributed by atoms with van der Waals surface area (Å²) in [5, 5.41) is 10.0. The van der Waals surface area contributed by atoms with Gasteiger partial charge >= 0.3 is 0 Å². The molecule has 1 spiro atoms. The van der Waals surface area contributed by atoms with Crippen LogP contribution in [0.15, 0.2) is 17.0 Å². The molecular weight excluding hydrogens is 324 g/mol. The number of anilines is 1. The Morgan fingerprint density at radius 2 is 1.73 bits per heavy atom. The van der Waals surface area contributed by atoms with Crippen LogP contribution < -0.4 is 5.73 Å². The van der Waals surface area contributed by atoms with E-state index in [0.29, 0.717) is 18.5 Å². The van der Waals surface area contributed by atoms with Crippen LogP contribution in [0.4, 0.5) is 5.69 Å². The SMILES string of the molecule is Nc1ccc(Cl)c(S(=O)(=O)N2CCC3(CCCC3)CC2)c1O. The highest BCUT2D eigenvalue weighted by Crippen LogP contribution is 2.47. The molecule has 0 bridgehead atoms. The van der Waals surface area contributed by atoms with E-state index in [1.54, 1.807) is 0 Å². The van der Waals surface area contributed by atoms with Crippen molar-refractivity contribution in [3.05, 3.63) is 17.2 Å². The highest BCUT2D eigenvalue weighted by Gasteiger charge is 2.41. The smallest absolute Gasteiger partial charge is 0.248 e. The summed E-state index contributed by atoms with van der Waals surface area (Å²) < 4.78 is 27.0. The van der Waals surface area contributed by atoms with E-state index < -0.39 is 15.8 Å². The van der Waals surface area contributed by atoms with Gasteiger partial charge in [0.25, 0.3) is 0 Å². The van der Waals surface area contributed by atoms with Gasteiger partial charge in [0.05, 0.1) is 10.7 Å². The summed E-state index contributed by atoms with van der Waals surface area (Å²) in [5.74, 6) is -0.450. The van der Waals surface area contributed by atoms with Crippen LogP contribution in [0.1, 0.15) is 38.5 Å². The number of phenols is 1. The topological polar surface area (TPSA) is 83.6 Å². The Morgan fingerprint density at radius 1 is 1.14 bits per heavy atom. The predicted molar refractivity (Wildman–Crippen MR) is 86.4 cm³/mol. The summed E-state index contributed by atoms with van der Waals surface area (Å²) in [6.07, 6.45) is 6.65. The van der Waals surface area contributed by atoms with E-state index in [4.69, 9.17) is 17.3 Å². The Bertz CT molecular complexity index is 674. The number of aromatic hydroxyl groups is 1. The molecule has 1 heterocycles. The maximum absolute atomic E-state index is 12.8. The van der Waals surface area contributed by atoms with E-state index in [-0.39, 0.29) is 15.6 Å². The number of nitrogens with two attached hydrogens (primary N) is 1. The number of halogens is 1. The Kier molecular flexibility index (Phi) is 4.03. The van der Waals surface area contributed by atoms with Crippen LogP contribution in [0.3, 0.4) is 0 Å². The van der Waals surface area contributed by atoms with Crippen molar-refractivity contribution in [2.45, 2.75) is 43.4 Å². The van der Waals surface area contributed by atoms with Crippen molar-refractivity contribution in [3.63, 3.8) is 0 Å². The molecule has 5 nitrogen and oxygen atoms in total. The van der Waals surface area contributed by atoms with Crippen LogP contribution >= 0.6 is 11.6 Å². The fraction of sp³-hybridized carbons (Fsp3) is 0.600. The zero-order valence-corrected chi connectivity index (χ0v) is 14.0. The molecule has 1 aliphatic carbocycles. The molecule has 2 fully saturated rings. The van der Waals surface area contributed by atoms with Crippen molar-refractivity contribution >= 4 is 27.3 Å². The van der Waals surface area contributed by atoms with Crippen molar-refractivity contribution in [3.8, 4) is 5.75 Å². The lowest BCUT2D eigenvalue weighted by Crippen LogP contribution is -2.42. The summed E-state index contributed by atoms with van der Waals surface area (Å²) in [4.78, 5) is -0.267. The quantitative estimate of drug-likeness (QED) is 0.638. The van der Waals surface area contributed by atoms with Crippen molar-refractivity contribution in [1.82, 2.24) is 4.31 Å². The molecule has 1 saturated heterocycles. The third-order valence-corrected chi connectivity index (χ3v) is 7.56. The molecule has 1 aromatic rings. The van der Waals surface area contributed by atoms with E-state index in [1.165, 1.54) is 42.1 Å². The summed E-state index contributed by atoms with van der Waals surface area (Å²) in [7, 11) is -3.82. The number of sulfonamides is 1. The second-order valence-electron chi connectivity index (χ2n) is 6.43. The van der Waals surface area contributed by atoms with E-state index in [1.807, 2.05) is 0 Å². The van der Waals surface area contributed by atoms with E-state index in [2.05, 4.69) is 0 Å². The Morgan fingerprint density at radius 3 is 2.32 bits per heavy atom. The maximum Gasteiger partial charge on any atom is 0.248 e. The first-order valence-electron chi connectivity index (χ1n) is 7.63. The first-order chi connectivity index (χ1) is 10.4. The zero-order chi connectivity index (χ0) is 16.0. The lowest BCUT2D eigenvalue weighted by atomic mass is 9.78. The van der Waals surface area contributed by atoms with Gasteiger partial charge in [-0.25, -0.2) is 8.42 Å². The average molecular weight is 345 g/mol. The third kappa shape index (κ3) is 2.57. The fourth-order valence-electron chi connectivity index (χ4n) is 3.76. The normalized spacial score (nSPS) is 22.2. The largest absolute Gasteiger partial charge is 0.504 e. The highest BCUT2D eigenvalue weighted by atomic mass is 35.5. The van der Waals surface area contributed by atoms with Crippen molar-refractivity contribution < 1.29 is 13.5 Å². The Balaban J connectivity index is 1.87. The minimum Gasteiger partial charge on any atom is -0.504 e. The molecule has 3 rings (SSSR count). The molecule has 3 N–H and O–H groups in total. The molecular formula is C15H21ClN2O3S. The first-order valence-corrected chi connectivity index (χ1v) is 9.45. The second kappa shape index (κ2) is 5.58. The van der Waals surface area contributed by atoms with E-state index in [0.717, 1.165) is 12.8 Å². The van der Waals surface area contributed by atoms with Gasteiger partial charge in [-0.15, -0.1) is 0 Å². The number of nitrogen functional groups attached to an aromatic ring is 1. The molecule has 2 aliphatic rings.